The summed E-state index contributed by atoms with van der Waals surface area (Å²) in [5, 5.41) is 3.44. The first-order chi connectivity index (χ1) is 14.1. The van der Waals surface area contributed by atoms with Gasteiger partial charge in [-0.3, -0.25) is 0 Å². The van der Waals surface area contributed by atoms with Gasteiger partial charge in [0.15, 0.2) is 0 Å². The van der Waals surface area contributed by atoms with Crippen LogP contribution >= 0.6 is 0 Å². The number of hydrogen-bond donors (Lipinski definition) is 2. The van der Waals surface area contributed by atoms with E-state index in [9.17, 15) is 8.78 Å². The van der Waals surface area contributed by atoms with Gasteiger partial charge in [-0.15, -0.1) is 0 Å². The SMILES string of the molecule is NC[C@H]1CN[C@H](COc2cc(-c3ccc(F)cc3)cc(-c3ccc(F)cc3)c2)C1. The molecule has 1 aliphatic rings. The predicted molar refractivity (Wildman–Crippen MR) is 112 cm³/mol. The van der Waals surface area contributed by atoms with Crippen molar-refractivity contribution in [1.29, 1.82) is 0 Å². The minimum Gasteiger partial charge on any atom is -0.492 e. The highest BCUT2D eigenvalue weighted by atomic mass is 19.1. The van der Waals surface area contributed by atoms with E-state index in [-0.39, 0.29) is 17.7 Å². The van der Waals surface area contributed by atoms with Gasteiger partial charge in [-0.2, -0.15) is 0 Å². The fraction of sp³-hybridized carbons (Fsp3) is 0.250. The van der Waals surface area contributed by atoms with Crippen LogP contribution in [-0.2, 0) is 0 Å². The van der Waals surface area contributed by atoms with E-state index in [0.29, 0.717) is 19.1 Å². The molecule has 1 aliphatic heterocycles. The van der Waals surface area contributed by atoms with Crippen LogP contribution in [0.2, 0.25) is 0 Å². The monoisotopic (exact) mass is 394 g/mol. The van der Waals surface area contributed by atoms with E-state index in [0.717, 1.165) is 41.0 Å². The molecule has 1 fully saturated rings. The summed E-state index contributed by atoms with van der Waals surface area (Å²) in [6.07, 6.45) is 0.999. The van der Waals surface area contributed by atoms with Gasteiger partial charge >= 0.3 is 0 Å². The van der Waals surface area contributed by atoms with Crippen molar-refractivity contribution in [1.82, 2.24) is 5.32 Å². The van der Waals surface area contributed by atoms with Crippen LogP contribution in [0, 0.1) is 17.6 Å². The maximum absolute atomic E-state index is 13.3. The molecule has 29 heavy (non-hydrogen) atoms. The Morgan fingerprint density at radius 3 is 1.86 bits per heavy atom. The van der Waals surface area contributed by atoms with Gasteiger partial charge in [0.25, 0.3) is 0 Å². The molecule has 5 heteroatoms. The fourth-order valence-electron chi connectivity index (χ4n) is 3.71. The molecule has 3 aromatic rings. The van der Waals surface area contributed by atoms with Crippen LogP contribution in [0.4, 0.5) is 8.78 Å². The van der Waals surface area contributed by atoms with Crippen LogP contribution in [0.3, 0.4) is 0 Å². The van der Waals surface area contributed by atoms with E-state index >= 15 is 0 Å². The van der Waals surface area contributed by atoms with Crippen LogP contribution in [-0.4, -0.2) is 25.7 Å². The highest BCUT2D eigenvalue weighted by Gasteiger charge is 2.23. The molecule has 0 spiro atoms. The third kappa shape index (κ3) is 4.81. The lowest BCUT2D eigenvalue weighted by Gasteiger charge is -2.15. The lowest BCUT2D eigenvalue weighted by atomic mass is 9.98. The second-order valence-electron chi connectivity index (χ2n) is 7.51. The van der Waals surface area contributed by atoms with Crippen molar-refractivity contribution in [3.05, 3.63) is 78.4 Å². The van der Waals surface area contributed by atoms with Crippen molar-refractivity contribution >= 4 is 0 Å². The van der Waals surface area contributed by atoms with Crippen LogP contribution < -0.4 is 15.8 Å². The molecule has 0 aromatic heterocycles. The van der Waals surface area contributed by atoms with Gasteiger partial charge < -0.3 is 15.8 Å². The lowest BCUT2D eigenvalue weighted by Crippen LogP contribution is -2.28. The molecule has 0 bridgehead atoms. The molecular formula is C24H24F2N2O. The van der Waals surface area contributed by atoms with Crippen LogP contribution in [0.1, 0.15) is 6.42 Å². The summed E-state index contributed by atoms with van der Waals surface area (Å²) in [6.45, 7) is 2.14. The Hall–Kier alpha value is -2.76. The Morgan fingerprint density at radius 1 is 0.828 bits per heavy atom. The van der Waals surface area contributed by atoms with Crippen molar-refractivity contribution in [3.63, 3.8) is 0 Å². The molecule has 0 radical (unpaired) electrons. The zero-order valence-corrected chi connectivity index (χ0v) is 16.1. The van der Waals surface area contributed by atoms with Crippen LogP contribution in [0.5, 0.6) is 5.75 Å². The zero-order chi connectivity index (χ0) is 20.2. The van der Waals surface area contributed by atoms with E-state index in [2.05, 4.69) is 5.32 Å². The standard InChI is InChI=1S/C24H24F2N2O/c25-21-5-1-17(2-6-21)19-10-20(18-3-7-22(26)8-4-18)12-24(11-19)29-15-23-9-16(13-27)14-28-23/h1-8,10-12,16,23,28H,9,13-15,27H2/t16-,23-/m0/s1. The molecule has 0 saturated carbocycles. The molecular weight excluding hydrogens is 370 g/mol. The zero-order valence-electron chi connectivity index (χ0n) is 16.1. The number of halogens is 2. The van der Waals surface area contributed by atoms with E-state index in [1.54, 1.807) is 24.3 Å². The maximum atomic E-state index is 13.3. The summed E-state index contributed by atoms with van der Waals surface area (Å²) in [5.74, 6) is 0.663. The van der Waals surface area contributed by atoms with Crippen molar-refractivity contribution in [2.75, 3.05) is 19.7 Å². The topological polar surface area (TPSA) is 47.3 Å². The van der Waals surface area contributed by atoms with Gasteiger partial charge in [0.1, 0.15) is 24.0 Å². The normalized spacial score (nSPS) is 18.7. The molecule has 3 N–H and O–H groups in total. The van der Waals surface area contributed by atoms with Gasteiger partial charge in [0.05, 0.1) is 0 Å². The summed E-state index contributed by atoms with van der Waals surface area (Å²) in [6, 6.07) is 18.9. The Morgan fingerprint density at radius 2 is 1.38 bits per heavy atom. The predicted octanol–water partition coefficient (Wildman–Crippen LogP) is 4.61. The lowest BCUT2D eigenvalue weighted by molar-refractivity contribution is 0.275. The van der Waals surface area contributed by atoms with Gasteiger partial charge in [0, 0.05) is 6.04 Å². The smallest absolute Gasteiger partial charge is 0.123 e. The summed E-state index contributed by atoms with van der Waals surface area (Å²) < 4.78 is 32.8. The second kappa shape index (κ2) is 8.72. The molecule has 2 atom stereocenters. The first-order valence-electron chi connectivity index (χ1n) is 9.84. The first kappa shape index (κ1) is 19.6. The molecule has 1 heterocycles. The highest BCUT2D eigenvalue weighted by molar-refractivity contribution is 5.75. The largest absolute Gasteiger partial charge is 0.492 e. The van der Waals surface area contributed by atoms with E-state index < -0.39 is 0 Å². The quantitative estimate of drug-likeness (QED) is 0.642. The third-order valence-electron chi connectivity index (χ3n) is 5.36. The highest BCUT2D eigenvalue weighted by Crippen LogP contribution is 2.32. The average molecular weight is 394 g/mol. The van der Waals surface area contributed by atoms with Crippen molar-refractivity contribution < 1.29 is 13.5 Å². The first-order valence-corrected chi connectivity index (χ1v) is 9.84. The minimum atomic E-state index is -0.276. The average Bonchev–Trinajstić information content (AvgIpc) is 3.21. The van der Waals surface area contributed by atoms with Gasteiger partial charge in [-0.25, -0.2) is 8.78 Å². The Bertz CT molecular complexity index is 894. The second-order valence-corrected chi connectivity index (χ2v) is 7.51. The van der Waals surface area contributed by atoms with Crippen molar-refractivity contribution in [2.24, 2.45) is 11.7 Å². The molecule has 150 valence electrons. The van der Waals surface area contributed by atoms with E-state index in [1.807, 2.05) is 18.2 Å². The molecule has 1 saturated heterocycles. The summed E-state index contributed by atoms with van der Waals surface area (Å²) in [4.78, 5) is 0. The molecule has 3 nitrogen and oxygen atoms in total. The summed E-state index contributed by atoms with van der Waals surface area (Å²) >= 11 is 0. The summed E-state index contributed by atoms with van der Waals surface area (Å²) in [5.41, 5.74) is 9.38. The third-order valence-corrected chi connectivity index (χ3v) is 5.36. The molecule has 0 aliphatic carbocycles. The number of rotatable bonds is 6. The molecule has 3 aromatic carbocycles. The van der Waals surface area contributed by atoms with Crippen molar-refractivity contribution in [3.8, 4) is 28.0 Å². The minimum absolute atomic E-state index is 0.271. The van der Waals surface area contributed by atoms with Gasteiger partial charge in [-0.05, 0) is 90.1 Å². The van der Waals surface area contributed by atoms with Crippen molar-refractivity contribution in [2.45, 2.75) is 12.5 Å². The number of nitrogens with one attached hydrogen (secondary N) is 1. The van der Waals surface area contributed by atoms with Crippen LogP contribution in [0.15, 0.2) is 66.7 Å². The number of ether oxygens (including phenoxy) is 1. The van der Waals surface area contributed by atoms with Crippen LogP contribution in [0.25, 0.3) is 22.3 Å². The molecule has 0 amide bonds. The Labute approximate surface area is 169 Å². The Balaban J connectivity index is 1.62. The number of benzene rings is 3. The summed E-state index contributed by atoms with van der Waals surface area (Å²) in [7, 11) is 0. The number of nitrogens with two attached hydrogens (primary N) is 1. The van der Waals surface area contributed by atoms with E-state index in [1.165, 1.54) is 24.3 Å². The van der Waals surface area contributed by atoms with Gasteiger partial charge in [-0.1, -0.05) is 24.3 Å². The molecule has 4 rings (SSSR count). The fourth-order valence-corrected chi connectivity index (χ4v) is 3.71. The molecule has 0 unspecified atom stereocenters. The Kier molecular flexibility index (Phi) is 5.88. The number of hydrogen-bond acceptors (Lipinski definition) is 3. The van der Waals surface area contributed by atoms with Gasteiger partial charge in [0.2, 0.25) is 0 Å². The maximum Gasteiger partial charge on any atom is 0.123 e. The van der Waals surface area contributed by atoms with E-state index in [4.69, 9.17) is 10.5 Å².